The lowest BCUT2D eigenvalue weighted by atomic mass is 10.1. The van der Waals surface area contributed by atoms with Crippen molar-refractivity contribution in [2.45, 2.75) is 26.4 Å². The Balaban J connectivity index is 2.93. The van der Waals surface area contributed by atoms with Gasteiger partial charge in [-0.25, -0.2) is 4.98 Å². The highest BCUT2D eigenvalue weighted by Gasteiger charge is 2.25. The molecule has 0 atom stereocenters. The number of hydrogen-bond donors (Lipinski definition) is 3. The molecule has 0 unspecified atom stereocenters. The molecule has 1 heterocycles. The zero-order chi connectivity index (χ0) is 13.9. The van der Waals surface area contributed by atoms with Crippen LogP contribution in [0.5, 0.6) is 0 Å². The lowest BCUT2D eigenvalue weighted by molar-refractivity contribution is 0.0317. The molecule has 102 valence electrons. The number of carbonyl (C=O) groups excluding carboxylic acids is 1. The number of likely N-dealkylation sites (N-methyl/N-ethyl adjacent to an activating group) is 1. The molecule has 7 heteroatoms. The summed E-state index contributed by atoms with van der Waals surface area (Å²) >= 11 is 1.22. The van der Waals surface area contributed by atoms with Gasteiger partial charge in [0.2, 0.25) is 0 Å². The second-order valence-electron chi connectivity index (χ2n) is 4.62. The topological polar surface area (TPSA) is 91.5 Å². The van der Waals surface area contributed by atoms with Gasteiger partial charge < -0.3 is 21.1 Å². The number of nitrogens with one attached hydrogen (secondary N) is 1. The minimum Gasteiger partial charge on any atom is -0.389 e. The minimum absolute atomic E-state index is 0.198. The zero-order valence-electron chi connectivity index (χ0n) is 11.1. The lowest BCUT2D eigenvalue weighted by Gasteiger charge is -2.27. The molecule has 0 bridgehead atoms. The van der Waals surface area contributed by atoms with E-state index in [2.05, 4.69) is 10.3 Å². The quantitative estimate of drug-likeness (QED) is 0.744. The van der Waals surface area contributed by atoms with Crippen LogP contribution in [0.3, 0.4) is 0 Å². The van der Waals surface area contributed by atoms with Crippen molar-refractivity contribution in [2.75, 3.05) is 31.2 Å². The summed E-state index contributed by atoms with van der Waals surface area (Å²) in [6.45, 7) is 5.96. The van der Waals surface area contributed by atoms with E-state index < -0.39 is 5.60 Å². The van der Waals surface area contributed by atoms with Crippen molar-refractivity contribution in [1.29, 1.82) is 0 Å². The fourth-order valence-corrected chi connectivity index (χ4v) is 2.34. The second-order valence-corrected chi connectivity index (χ2v) is 5.61. The predicted molar refractivity (Wildman–Crippen MR) is 73.9 cm³/mol. The summed E-state index contributed by atoms with van der Waals surface area (Å²) in [6.07, 6.45) is 0. The van der Waals surface area contributed by atoms with Crippen LogP contribution in [-0.4, -0.2) is 46.6 Å². The van der Waals surface area contributed by atoms with E-state index in [9.17, 15) is 9.90 Å². The molecule has 1 aromatic heterocycles. The molecule has 0 spiro atoms. The minimum atomic E-state index is -0.934. The first-order valence-electron chi connectivity index (χ1n) is 5.74. The molecule has 0 aliphatic heterocycles. The average Bonchev–Trinajstić information content (AvgIpc) is 2.65. The van der Waals surface area contributed by atoms with Crippen molar-refractivity contribution in [2.24, 2.45) is 0 Å². The van der Waals surface area contributed by atoms with Gasteiger partial charge in [-0.05, 0) is 20.8 Å². The van der Waals surface area contributed by atoms with Crippen molar-refractivity contribution in [3.63, 3.8) is 0 Å². The van der Waals surface area contributed by atoms with Gasteiger partial charge in [-0.3, -0.25) is 4.79 Å². The van der Waals surface area contributed by atoms with E-state index in [1.165, 1.54) is 11.3 Å². The molecular formula is C11H20N4O2S. The number of aliphatic hydroxyl groups is 1. The average molecular weight is 272 g/mol. The lowest BCUT2D eigenvalue weighted by Crippen LogP contribution is -2.42. The Labute approximate surface area is 111 Å². The van der Waals surface area contributed by atoms with Gasteiger partial charge in [0.15, 0.2) is 5.13 Å². The summed E-state index contributed by atoms with van der Waals surface area (Å²) in [5.41, 5.74) is 4.79. The maximum absolute atomic E-state index is 12.3. The standard InChI is InChI=1S/C11H20N4O2S/c1-5-15(6-11(2,3)17)9(16)7-8(12)14-10(13-4)18-7/h17H,5-6,12H2,1-4H3,(H,13,14). The van der Waals surface area contributed by atoms with Crippen molar-refractivity contribution in [3.8, 4) is 0 Å². The molecule has 0 aromatic carbocycles. The van der Waals surface area contributed by atoms with Crippen LogP contribution >= 0.6 is 11.3 Å². The second kappa shape index (κ2) is 5.53. The van der Waals surface area contributed by atoms with Gasteiger partial charge in [-0.2, -0.15) is 0 Å². The third-order valence-electron chi connectivity index (χ3n) is 2.31. The van der Waals surface area contributed by atoms with Crippen molar-refractivity contribution < 1.29 is 9.90 Å². The maximum Gasteiger partial charge on any atom is 0.267 e. The molecule has 6 nitrogen and oxygen atoms in total. The number of amides is 1. The van der Waals surface area contributed by atoms with Gasteiger partial charge in [-0.1, -0.05) is 11.3 Å². The molecule has 0 aliphatic carbocycles. The fourth-order valence-electron chi connectivity index (χ4n) is 1.53. The van der Waals surface area contributed by atoms with Crippen LogP contribution in [0.1, 0.15) is 30.4 Å². The third-order valence-corrected chi connectivity index (χ3v) is 3.38. The molecule has 1 amide bonds. The Bertz CT molecular complexity index is 425. The summed E-state index contributed by atoms with van der Waals surface area (Å²) < 4.78 is 0. The Morgan fingerprint density at radius 1 is 1.61 bits per heavy atom. The first-order chi connectivity index (χ1) is 8.28. The SMILES string of the molecule is CCN(CC(C)(C)O)C(=O)c1sc(NC)nc1N. The first-order valence-corrected chi connectivity index (χ1v) is 6.56. The van der Waals surface area contributed by atoms with Crippen LogP contribution in [-0.2, 0) is 0 Å². The van der Waals surface area contributed by atoms with Crippen molar-refractivity contribution in [1.82, 2.24) is 9.88 Å². The van der Waals surface area contributed by atoms with Crippen molar-refractivity contribution in [3.05, 3.63) is 4.88 Å². The largest absolute Gasteiger partial charge is 0.389 e. The molecule has 0 saturated carbocycles. The van der Waals surface area contributed by atoms with E-state index in [1.54, 1.807) is 25.8 Å². The summed E-state index contributed by atoms with van der Waals surface area (Å²) in [5, 5.41) is 13.2. The van der Waals surface area contributed by atoms with E-state index in [1.807, 2.05) is 6.92 Å². The number of aromatic nitrogens is 1. The summed E-state index contributed by atoms with van der Waals surface area (Å²) in [6, 6.07) is 0. The molecule has 1 aromatic rings. The number of nitrogen functional groups attached to an aromatic ring is 1. The van der Waals surface area contributed by atoms with Gasteiger partial charge in [0, 0.05) is 20.1 Å². The van der Waals surface area contributed by atoms with E-state index in [4.69, 9.17) is 5.73 Å². The van der Waals surface area contributed by atoms with Crippen LogP contribution in [0.15, 0.2) is 0 Å². The molecule has 0 radical (unpaired) electrons. The molecule has 1 rings (SSSR count). The number of rotatable bonds is 5. The molecule has 4 N–H and O–H groups in total. The highest BCUT2D eigenvalue weighted by molar-refractivity contribution is 7.18. The maximum atomic E-state index is 12.3. The van der Waals surface area contributed by atoms with Crippen LogP contribution in [0.4, 0.5) is 10.9 Å². The number of nitrogens with two attached hydrogens (primary N) is 1. The predicted octanol–water partition coefficient (Wildman–Crippen LogP) is 1.00. The van der Waals surface area contributed by atoms with Crippen LogP contribution < -0.4 is 11.1 Å². The van der Waals surface area contributed by atoms with Gasteiger partial charge >= 0.3 is 0 Å². The molecule has 0 aliphatic rings. The van der Waals surface area contributed by atoms with Crippen molar-refractivity contribution >= 4 is 28.2 Å². The van der Waals surface area contributed by atoms with Crippen LogP contribution in [0, 0.1) is 0 Å². The zero-order valence-corrected chi connectivity index (χ0v) is 12.0. The van der Waals surface area contributed by atoms with Gasteiger partial charge in [0.05, 0.1) is 5.60 Å². The highest BCUT2D eigenvalue weighted by atomic mass is 32.1. The molecular weight excluding hydrogens is 252 g/mol. The van der Waals surface area contributed by atoms with Crippen LogP contribution in [0.2, 0.25) is 0 Å². The summed E-state index contributed by atoms with van der Waals surface area (Å²) in [7, 11) is 1.72. The van der Waals surface area contributed by atoms with E-state index >= 15 is 0 Å². The van der Waals surface area contributed by atoms with E-state index in [0.717, 1.165) is 0 Å². The number of thiazole rings is 1. The smallest absolute Gasteiger partial charge is 0.267 e. The molecule has 18 heavy (non-hydrogen) atoms. The van der Waals surface area contributed by atoms with Gasteiger partial charge in [0.25, 0.3) is 5.91 Å². The monoisotopic (exact) mass is 272 g/mol. The Morgan fingerprint density at radius 3 is 2.61 bits per heavy atom. The number of nitrogens with zero attached hydrogens (tertiary/aromatic N) is 2. The highest BCUT2D eigenvalue weighted by Crippen LogP contribution is 2.26. The fraction of sp³-hybridized carbons (Fsp3) is 0.636. The van der Waals surface area contributed by atoms with Gasteiger partial charge in [-0.15, -0.1) is 0 Å². The summed E-state index contributed by atoms with van der Waals surface area (Å²) in [5.74, 6) is 0.0275. The Hall–Kier alpha value is -1.34. The number of hydrogen-bond acceptors (Lipinski definition) is 6. The first kappa shape index (κ1) is 14.7. The molecule has 0 fully saturated rings. The Morgan fingerprint density at radius 2 is 2.22 bits per heavy atom. The Kier molecular flexibility index (Phi) is 4.53. The third kappa shape index (κ3) is 3.58. The van der Waals surface area contributed by atoms with E-state index in [0.29, 0.717) is 16.6 Å². The summed E-state index contributed by atoms with van der Waals surface area (Å²) in [4.78, 5) is 18.3. The van der Waals surface area contributed by atoms with Crippen LogP contribution in [0.25, 0.3) is 0 Å². The normalized spacial score (nSPS) is 11.4. The number of anilines is 2. The molecule has 0 saturated heterocycles. The van der Waals surface area contributed by atoms with E-state index in [-0.39, 0.29) is 18.3 Å². The number of carbonyl (C=O) groups is 1. The van der Waals surface area contributed by atoms with Gasteiger partial charge in [0.1, 0.15) is 10.7 Å².